The number of hydrogen-bond acceptors (Lipinski definition) is 3. The number of para-hydroxylation sites is 1. The first-order chi connectivity index (χ1) is 13.3. The summed E-state index contributed by atoms with van der Waals surface area (Å²) in [6.45, 7) is 5.72. The zero-order valence-electron chi connectivity index (χ0n) is 16.2. The normalized spacial score (nSPS) is 10.7. The molecule has 142 valence electrons. The lowest BCUT2D eigenvalue weighted by molar-refractivity contribution is 0.298. The van der Waals surface area contributed by atoms with Gasteiger partial charge in [-0.25, -0.2) is 0 Å². The van der Waals surface area contributed by atoms with Gasteiger partial charge in [0.15, 0.2) is 11.5 Å². The summed E-state index contributed by atoms with van der Waals surface area (Å²) in [6, 6.07) is 19.9. The summed E-state index contributed by atoms with van der Waals surface area (Å²) >= 11 is 0. The van der Waals surface area contributed by atoms with E-state index in [4.69, 9.17) is 14.2 Å². The highest BCUT2D eigenvalue weighted by molar-refractivity contribution is 5.95. The Hall–Kier alpha value is -2.68. The first kappa shape index (κ1) is 19.1. The van der Waals surface area contributed by atoms with Crippen molar-refractivity contribution in [1.29, 1.82) is 0 Å². The van der Waals surface area contributed by atoms with E-state index in [0.29, 0.717) is 6.61 Å². The maximum atomic E-state index is 6.16. The summed E-state index contributed by atoms with van der Waals surface area (Å²) < 4.78 is 18.3. The maximum absolute atomic E-state index is 6.16. The van der Waals surface area contributed by atoms with Crippen molar-refractivity contribution in [3.63, 3.8) is 0 Å². The predicted octanol–water partition coefficient (Wildman–Crippen LogP) is 6.99. The van der Waals surface area contributed by atoms with Gasteiger partial charge in [-0.3, -0.25) is 0 Å². The summed E-state index contributed by atoms with van der Waals surface area (Å²) in [5, 5.41) is 2.08. The molecule has 0 fully saturated rings. The summed E-state index contributed by atoms with van der Waals surface area (Å²) in [4.78, 5) is 0. The largest absolute Gasteiger partial charge is 0.493 e. The molecule has 0 aliphatic carbocycles. The van der Waals surface area contributed by atoms with Crippen LogP contribution in [0.25, 0.3) is 10.8 Å². The monoisotopic (exact) mass is 364 g/mol. The Kier molecular flexibility index (Phi) is 6.97. The summed E-state index contributed by atoms with van der Waals surface area (Å²) in [5.74, 6) is 3.21. The number of unbranched alkanes of at least 4 members (excludes halogenated alkanes) is 2. The van der Waals surface area contributed by atoms with Crippen LogP contribution in [0.4, 0.5) is 0 Å². The van der Waals surface area contributed by atoms with Crippen LogP contribution in [0.2, 0.25) is 0 Å². The second-order valence-electron chi connectivity index (χ2n) is 6.56. The molecule has 0 bridgehead atoms. The van der Waals surface area contributed by atoms with Gasteiger partial charge in [0.05, 0.1) is 13.2 Å². The fourth-order valence-corrected chi connectivity index (χ4v) is 2.90. The third kappa shape index (κ3) is 4.94. The van der Waals surface area contributed by atoms with Crippen molar-refractivity contribution in [1.82, 2.24) is 0 Å². The van der Waals surface area contributed by atoms with Crippen LogP contribution >= 0.6 is 0 Å². The maximum Gasteiger partial charge on any atom is 0.169 e. The van der Waals surface area contributed by atoms with E-state index in [2.05, 4.69) is 26.0 Å². The van der Waals surface area contributed by atoms with Gasteiger partial charge in [-0.2, -0.15) is 0 Å². The zero-order chi connectivity index (χ0) is 18.9. The van der Waals surface area contributed by atoms with Crippen molar-refractivity contribution < 1.29 is 14.2 Å². The third-order valence-corrected chi connectivity index (χ3v) is 4.41. The number of benzene rings is 3. The minimum Gasteiger partial charge on any atom is -0.493 e. The molecule has 0 heterocycles. The molecule has 0 atom stereocenters. The van der Waals surface area contributed by atoms with Crippen molar-refractivity contribution in [2.75, 3.05) is 13.2 Å². The van der Waals surface area contributed by atoms with Gasteiger partial charge in [-0.15, -0.1) is 0 Å². The third-order valence-electron chi connectivity index (χ3n) is 4.41. The Morgan fingerprint density at radius 3 is 2.11 bits per heavy atom. The smallest absolute Gasteiger partial charge is 0.169 e. The molecule has 0 unspecified atom stereocenters. The molecule has 0 aromatic heterocycles. The van der Waals surface area contributed by atoms with Crippen LogP contribution in [0.15, 0.2) is 60.7 Å². The number of rotatable bonds is 10. The molecule has 0 saturated carbocycles. The minimum absolute atomic E-state index is 0.668. The Balaban J connectivity index is 1.97. The summed E-state index contributed by atoms with van der Waals surface area (Å²) in [6.07, 6.45) is 4.26. The Labute approximate surface area is 161 Å². The van der Waals surface area contributed by atoms with Gasteiger partial charge >= 0.3 is 0 Å². The van der Waals surface area contributed by atoms with Crippen LogP contribution in [0.1, 0.15) is 39.5 Å². The lowest BCUT2D eigenvalue weighted by Crippen LogP contribution is -2.01. The van der Waals surface area contributed by atoms with E-state index in [0.717, 1.165) is 66.1 Å². The Morgan fingerprint density at radius 2 is 1.37 bits per heavy atom. The Bertz CT molecular complexity index is 843. The molecule has 3 aromatic rings. The van der Waals surface area contributed by atoms with Crippen molar-refractivity contribution >= 4 is 10.8 Å². The molecule has 0 radical (unpaired) electrons. The van der Waals surface area contributed by atoms with Gasteiger partial charge < -0.3 is 14.2 Å². The van der Waals surface area contributed by atoms with Crippen LogP contribution in [0.3, 0.4) is 0 Å². The second-order valence-corrected chi connectivity index (χ2v) is 6.56. The van der Waals surface area contributed by atoms with Gasteiger partial charge in [0, 0.05) is 10.8 Å². The van der Waals surface area contributed by atoms with Crippen LogP contribution < -0.4 is 14.2 Å². The zero-order valence-corrected chi connectivity index (χ0v) is 16.2. The van der Waals surface area contributed by atoms with E-state index in [9.17, 15) is 0 Å². The van der Waals surface area contributed by atoms with E-state index < -0.39 is 0 Å². The van der Waals surface area contributed by atoms with E-state index in [-0.39, 0.29) is 0 Å². The summed E-state index contributed by atoms with van der Waals surface area (Å²) in [5.41, 5.74) is 0. The lowest BCUT2D eigenvalue weighted by Gasteiger charge is -2.17. The van der Waals surface area contributed by atoms with Crippen molar-refractivity contribution in [3.05, 3.63) is 60.7 Å². The van der Waals surface area contributed by atoms with Crippen molar-refractivity contribution in [3.8, 4) is 23.0 Å². The highest BCUT2D eigenvalue weighted by atomic mass is 16.5. The van der Waals surface area contributed by atoms with E-state index >= 15 is 0 Å². The fourth-order valence-electron chi connectivity index (χ4n) is 2.90. The van der Waals surface area contributed by atoms with Gasteiger partial charge in [0.1, 0.15) is 11.5 Å². The molecule has 0 amide bonds. The molecule has 0 saturated heterocycles. The molecule has 3 nitrogen and oxygen atoms in total. The van der Waals surface area contributed by atoms with E-state index in [1.54, 1.807) is 0 Å². The van der Waals surface area contributed by atoms with Gasteiger partial charge in [-0.05, 0) is 43.2 Å². The molecular formula is C24H28O3. The SMILES string of the molecule is CCCCOc1cccc2c(OCCCC)c(Oc3ccccc3)ccc12. The molecule has 0 aliphatic heterocycles. The lowest BCUT2D eigenvalue weighted by atomic mass is 10.1. The number of fused-ring (bicyclic) bond motifs is 1. The second kappa shape index (κ2) is 9.86. The van der Waals surface area contributed by atoms with Crippen LogP contribution in [0, 0.1) is 0 Å². The first-order valence-electron chi connectivity index (χ1n) is 9.87. The van der Waals surface area contributed by atoms with Crippen LogP contribution in [-0.2, 0) is 0 Å². The Morgan fingerprint density at radius 1 is 0.630 bits per heavy atom. The van der Waals surface area contributed by atoms with Gasteiger partial charge in [0.25, 0.3) is 0 Å². The molecule has 3 aromatic carbocycles. The molecule has 0 aliphatic rings. The highest BCUT2D eigenvalue weighted by Crippen LogP contribution is 2.41. The van der Waals surface area contributed by atoms with Crippen LogP contribution in [0.5, 0.6) is 23.0 Å². The van der Waals surface area contributed by atoms with E-state index in [1.165, 1.54) is 0 Å². The average Bonchev–Trinajstić information content (AvgIpc) is 2.70. The topological polar surface area (TPSA) is 27.7 Å². The standard InChI is InChI=1S/C24H28O3/c1-3-5-17-25-22-14-10-13-21-20(22)15-16-23(24(21)26-18-6-4-2)27-19-11-8-7-9-12-19/h7-16H,3-6,17-18H2,1-2H3. The number of ether oxygens (including phenoxy) is 3. The highest BCUT2D eigenvalue weighted by Gasteiger charge is 2.14. The average molecular weight is 364 g/mol. The molecule has 3 rings (SSSR count). The molecule has 0 N–H and O–H groups in total. The number of hydrogen-bond donors (Lipinski definition) is 0. The van der Waals surface area contributed by atoms with E-state index in [1.807, 2.05) is 48.5 Å². The van der Waals surface area contributed by atoms with Crippen molar-refractivity contribution in [2.24, 2.45) is 0 Å². The fraction of sp³-hybridized carbons (Fsp3) is 0.333. The minimum atomic E-state index is 0.668. The summed E-state index contributed by atoms with van der Waals surface area (Å²) in [7, 11) is 0. The molecule has 3 heteroatoms. The van der Waals surface area contributed by atoms with Gasteiger partial charge in [-0.1, -0.05) is 57.0 Å². The first-order valence-corrected chi connectivity index (χ1v) is 9.87. The van der Waals surface area contributed by atoms with Gasteiger partial charge in [0.2, 0.25) is 0 Å². The van der Waals surface area contributed by atoms with Crippen LogP contribution in [-0.4, -0.2) is 13.2 Å². The molecule has 0 spiro atoms. The quantitative estimate of drug-likeness (QED) is 0.363. The molecular weight excluding hydrogens is 336 g/mol. The van der Waals surface area contributed by atoms with Crippen molar-refractivity contribution in [2.45, 2.75) is 39.5 Å². The predicted molar refractivity (Wildman–Crippen MR) is 111 cm³/mol. The molecule has 27 heavy (non-hydrogen) atoms.